The van der Waals surface area contributed by atoms with Gasteiger partial charge in [-0.3, -0.25) is 10.1 Å². The van der Waals surface area contributed by atoms with Crippen molar-refractivity contribution in [1.82, 2.24) is 0 Å². The number of hydrogen-bond donors (Lipinski definition) is 0. The average Bonchev–Trinajstić information content (AvgIpc) is 2.15. The van der Waals surface area contributed by atoms with Crippen LogP contribution in [-0.2, 0) is 0 Å². The molecule has 0 heterocycles. The highest BCUT2D eigenvalue weighted by molar-refractivity contribution is 5.06. The fourth-order valence-corrected chi connectivity index (χ4v) is 1.78. The van der Waals surface area contributed by atoms with Crippen LogP contribution in [0.3, 0.4) is 0 Å². The molecule has 1 saturated carbocycles. The SMILES string of the molecule is C[C@H](C#CC1CCCCC1)C[N+](=O)[O-]. The molecule has 3 heteroatoms. The van der Waals surface area contributed by atoms with Gasteiger partial charge in [0.2, 0.25) is 6.54 Å². The van der Waals surface area contributed by atoms with E-state index in [1.165, 1.54) is 32.1 Å². The fraction of sp³-hybridized carbons (Fsp3) is 0.818. The zero-order valence-corrected chi connectivity index (χ0v) is 8.66. The Bertz CT molecular complexity index is 246. The molecule has 0 aromatic heterocycles. The van der Waals surface area contributed by atoms with Gasteiger partial charge >= 0.3 is 0 Å². The summed E-state index contributed by atoms with van der Waals surface area (Å²) in [5.41, 5.74) is 0. The molecule has 0 unspecified atom stereocenters. The van der Waals surface area contributed by atoms with Crippen LogP contribution in [0.4, 0.5) is 0 Å². The minimum atomic E-state index is -0.291. The highest BCUT2D eigenvalue weighted by Crippen LogP contribution is 2.22. The van der Waals surface area contributed by atoms with Crippen LogP contribution in [0.25, 0.3) is 0 Å². The van der Waals surface area contributed by atoms with Crippen LogP contribution in [0, 0.1) is 33.8 Å². The molecule has 14 heavy (non-hydrogen) atoms. The third-order valence-electron chi connectivity index (χ3n) is 2.56. The van der Waals surface area contributed by atoms with Crippen molar-refractivity contribution >= 4 is 0 Å². The van der Waals surface area contributed by atoms with Gasteiger partial charge in [-0.25, -0.2) is 0 Å². The van der Waals surface area contributed by atoms with Crippen molar-refractivity contribution in [1.29, 1.82) is 0 Å². The van der Waals surface area contributed by atoms with Crippen molar-refractivity contribution < 1.29 is 4.92 Å². The Hall–Kier alpha value is -1.04. The molecule has 1 rings (SSSR count). The standard InChI is InChI=1S/C11H17NO2/c1-10(9-12(13)14)7-8-11-5-3-2-4-6-11/h10-11H,2-6,9H2,1H3/t10-/m1/s1. The zero-order valence-electron chi connectivity index (χ0n) is 8.66. The first-order chi connectivity index (χ1) is 6.68. The van der Waals surface area contributed by atoms with E-state index in [-0.39, 0.29) is 17.4 Å². The topological polar surface area (TPSA) is 43.1 Å². The first-order valence-corrected chi connectivity index (χ1v) is 5.31. The van der Waals surface area contributed by atoms with Crippen LogP contribution < -0.4 is 0 Å². The van der Waals surface area contributed by atoms with E-state index in [1.54, 1.807) is 0 Å². The summed E-state index contributed by atoms with van der Waals surface area (Å²) < 4.78 is 0. The van der Waals surface area contributed by atoms with Gasteiger partial charge in [0.1, 0.15) is 0 Å². The predicted molar refractivity (Wildman–Crippen MR) is 55.4 cm³/mol. The number of nitrogens with zero attached hydrogens (tertiary/aromatic N) is 1. The highest BCUT2D eigenvalue weighted by atomic mass is 16.6. The van der Waals surface area contributed by atoms with Crippen molar-refractivity contribution in [2.75, 3.05) is 6.54 Å². The lowest BCUT2D eigenvalue weighted by molar-refractivity contribution is -0.484. The largest absolute Gasteiger partial charge is 0.264 e. The maximum atomic E-state index is 10.2. The molecule has 78 valence electrons. The molecule has 1 aliphatic rings. The van der Waals surface area contributed by atoms with Crippen LogP contribution in [0.2, 0.25) is 0 Å². The molecule has 1 atom stereocenters. The smallest absolute Gasteiger partial charge is 0.217 e. The van der Waals surface area contributed by atoms with Gasteiger partial charge in [0.25, 0.3) is 0 Å². The molecular formula is C11H17NO2. The quantitative estimate of drug-likeness (QED) is 0.386. The lowest BCUT2D eigenvalue weighted by atomic mass is 9.89. The van der Waals surface area contributed by atoms with E-state index in [1.807, 2.05) is 6.92 Å². The average molecular weight is 195 g/mol. The third-order valence-corrected chi connectivity index (χ3v) is 2.56. The summed E-state index contributed by atoms with van der Waals surface area (Å²) in [7, 11) is 0. The summed E-state index contributed by atoms with van der Waals surface area (Å²) in [5, 5.41) is 10.2. The van der Waals surface area contributed by atoms with Crippen LogP contribution >= 0.6 is 0 Å². The Morgan fingerprint density at radius 3 is 2.64 bits per heavy atom. The molecule has 0 aliphatic heterocycles. The number of hydrogen-bond acceptors (Lipinski definition) is 2. The first kappa shape index (κ1) is 11.0. The number of nitro groups is 1. The molecule has 0 bridgehead atoms. The van der Waals surface area contributed by atoms with Crippen molar-refractivity contribution in [3.8, 4) is 11.8 Å². The Morgan fingerprint density at radius 2 is 2.07 bits per heavy atom. The lowest BCUT2D eigenvalue weighted by Crippen LogP contribution is -2.10. The Labute approximate surface area is 85.0 Å². The van der Waals surface area contributed by atoms with Gasteiger partial charge < -0.3 is 0 Å². The second-order valence-corrected chi connectivity index (χ2v) is 4.04. The van der Waals surface area contributed by atoms with Gasteiger partial charge in [0, 0.05) is 10.8 Å². The van der Waals surface area contributed by atoms with Crippen LogP contribution in [0.5, 0.6) is 0 Å². The minimum Gasteiger partial charge on any atom is -0.264 e. The molecule has 0 radical (unpaired) electrons. The van der Waals surface area contributed by atoms with Crippen molar-refractivity contribution in [2.24, 2.45) is 11.8 Å². The number of rotatable bonds is 2. The Kier molecular flexibility index (Phi) is 4.45. The van der Waals surface area contributed by atoms with E-state index in [2.05, 4.69) is 11.8 Å². The van der Waals surface area contributed by atoms with Gasteiger partial charge in [-0.05, 0) is 19.8 Å². The van der Waals surface area contributed by atoms with E-state index >= 15 is 0 Å². The van der Waals surface area contributed by atoms with Gasteiger partial charge in [0.05, 0.1) is 5.92 Å². The Morgan fingerprint density at radius 1 is 1.43 bits per heavy atom. The maximum Gasteiger partial charge on any atom is 0.217 e. The lowest BCUT2D eigenvalue weighted by Gasteiger charge is -2.15. The monoisotopic (exact) mass is 195 g/mol. The summed E-state index contributed by atoms with van der Waals surface area (Å²) in [4.78, 5) is 9.91. The Balaban J connectivity index is 2.33. The molecular weight excluding hydrogens is 178 g/mol. The molecule has 0 aromatic carbocycles. The van der Waals surface area contributed by atoms with E-state index < -0.39 is 0 Å². The van der Waals surface area contributed by atoms with Gasteiger partial charge in [0.15, 0.2) is 0 Å². The summed E-state index contributed by atoms with van der Waals surface area (Å²) in [6, 6.07) is 0. The summed E-state index contributed by atoms with van der Waals surface area (Å²) in [6.07, 6.45) is 6.21. The van der Waals surface area contributed by atoms with Crippen molar-refractivity contribution in [3.05, 3.63) is 10.1 Å². The van der Waals surface area contributed by atoms with Gasteiger partial charge in [-0.1, -0.05) is 31.1 Å². The van der Waals surface area contributed by atoms with E-state index in [0.717, 1.165) is 0 Å². The molecule has 0 saturated heterocycles. The third kappa shape index (κ3) is 4.27. The van der Waals surface area contributed by atoms with E-state index in [0.29, 0.717) is 5.92 Å². The van der Waals surface area contributed by atoms with Crippen LogP contribution in [0.15, 0.2) is 0 Å². The van der Waals surface area contributed by atoms with E-state index in [4.69, 9.17) is 0 Å². The van der Waals surface area contributed by atoms with Gasteiger partial charge in [-0.15, -0.1) is 0 Å². The normalized spacial score (nSPS) is 19.5. The summed E-state index contributed by atoms with van der Waals surface area (Å²) in [6.45, 7) is 1.79. The van der Waals surface area contributed by atoms with Crippen molar-refractivity contribution in [2.45, 2.75) is 39.0 Å². The molecule has 0 spiro atoms. The van der Waals surface area contributed by atoms with Crippen molar-refractivity contribution in [3.63, 3.8) is 0 Å². The van der Waals surface area contributed by atoms with Crippen LogP contribution in [0.1, 0.15) is 39.0 Å². The summed E-state index contributed by atoms with van der Waals surface area (Å²) >= 11 is 0. The summed E-state index contributed by atoms with van der Waals surface area (Å²) in [5.74, 6) is 6.56. The maximum absolute atomic E-state index is 10.2. The minimum absolute atomic E-state index is 0.0281. The zero-order chi connectivity index (χ0) is 10.4. The molecule has 1 aliphatic carbocycles. The predicted octanol–water partition coefficient (Wildman–Crippen LogP) is 2.48. The van der Waals surface area contributed by atoms with Crippen LogP contribution in [-0.4, -0.2) is 11.5 Å². The highest BCUT2D eigenvalue weighted by Gasteiger charge is 2.11. The second kappa shape index (κ2) is 5.64. The second-order valence-electron chi connectivity index (χ2n) is 4.04. The molecule has 0 amide bonds. The van der Waals surface area contributed by atoms with Gasteiger partial charge in [-0.2, -0.15) is 0 Å². The van der Waals surface area contributed by atoms with E-state index in [9.17, 15) is 10.1 Å². The fourth-order valence-electron chi connectivity index (χ4n) is 1.78. The molecule has 0 N–H and O–H groups in total. The molecule has 3 nitrogen and oxygen atoms in total. The molecule has 0 aromatic rings. The first-order valence-electron chi connectivity index (χ1n) is 5.31. The molecule has 1 fully saturated rings.